The monoisotopic (exact) mass is 150 g/mol. The van der Waals surface area contributed by atoms with Crippen molar-refractivity contribution in [3.8, 4) is 0 Å². The Labute approximate surface area is 67.8 Å². The number of allylic oxidation sites excluding steroid dienone is 3. The highest BCUT2D eigenvalue weighted by atomic mass is 16.1. The van der Waals surface area contributed by atoms with Crippen molar-refractivity contribution in [2.75, 3.05) is 0 Å². The van der Waals surface area contributed by atoms with Crippen molar-refractivity contribution in [2.24, 2.45) is 5.41 Å². The summed E-state index contributed by atoms with van der Waals surface area (Å²) in [4.78, 5) is 11.2. The van der Waals surface area contributed by atoms with E-state index < -0.39 is 0 Å². The van der Waals surface area contributed by atoms with Crippen LogP contribution in [0.5, 0.6) is 0 Å². The van der Waals surface area contributed by atoms with Crippen molar-refractivity contribution in [3.63, 3.8) is 0 Å². The molecule has 1 rings (SSSR count). The van der Waals surface area contributed by atoms with Crippen molar-refractivity contribution < 1.29 is 4.79 Å². The van der Waals surface area contributed by atoms with E-state index in [4.69, 9.17) is 0 Å². The van der Waals surface area contributed by atoms with Gasteiger partial charge in [0.15, 0.2) is 5.78 Å². The molecular formula is C10H14O. The summed E-state index contributed by atoms with van der Waals surface area (Å²) < 4.78 is 0. The molecule has 0 spiro atoms. The van der Waals surface area contributed by atoms with Crippen LogP contribution < -0.4 is 0 Å². The van der Waals surface area contributed by atoms with Gasteiger partial charge in [0.25, 0.3) is 0 Å². The Morgan fingerprint density at radius 2 is 2.27 bits per heavy atom. The third-order valence-corrected chi connectivity index (χ3v) is 2.08. The van der Waals surface area contributed by atoms with Crippen molar-refractivity contribution in [2.45, 2.75) is 26.7 Å². The number of hydrogen-bond donors (Lipinski definition) is 0. The Balaban J connectivity index is 2.94. The van der Waals surface area contributed by atoms with Crippen LogP contribution >= 0.6 is 0 Å². The normalized spacial score (nSPS) is 22.7. The summed E-state index contributed by atoms with van der Waals surface area (Å²) in [7, 11) is 0. The van der Waals surface area contributed by atoms with Crippen molar-refractivity contribution in [1.29, 1.82) is 0 Å². The molecule has 0 aromatic carbocycles. The molecule has 0 radical (unpaired) electrons. The Hall–Kier alpha value is -0.850. The van der Waals surface area contributed by atoms with E-state index in [1.165, 1.54) is 0 Å². The lowest BCUT2D eigenvalue weighted by molar-refractivity contribution is -0.116. The average molecular weight is 150 g/mol. The second-order valence-electron chi connectivity index (χ2n) is 3.72. The summed E-state index contributed by atoms with van der Waals surface area (Å²) >= 11 is 0. The molecular weight excluding hydrogens is 136 g/mol. The molecule has 0 aromatic rings. The van der Waals surface area contributed by atoms with Gasteiger partial charge < -0.3 is 0 Å². The summed E-state index contributed by atoms with van der Waals surface area (Å²) in [6.45, 7) is 7.89. The Kier molecular flexibility index (Phi) is 1.99. The van der Waals surface area contributed by atoms with E-state index in [9.17, 15) is 4.79 Å². The number of hydrogen-bond acceptors (Lipinski definition) is 1. The maximum absolute atomic E-state index is 11.2. The van der Waals surface area contributed by atoms with Crippen LogP contribution in [0.2, 0.25) is 0 Å². The highest BCUT2D eigenvalue weighted by Crippen LogP contribution is 2.31. The first kappa shape index (κ1) is 8.25. The van der Waals surface area contributed by atoms with Crippen molar-refractivity contribution in [1.82, 2.24) is 0 Å². The van der Waals surface area contributed by atoms with Gasteiger partial charge >= 0.3 is 0 Å². The third-order valence-electron chi connectivity index (χ3n) is 2.08. The van der Waals surface area contributed by atoms with Gasteiger partial charge in [-0.15, -0.1) is 0 Å². The van der Waals surface area contributed by atoms with Gasteiger partial charge in [-0.25, -0.2) is 0 Å². The van der Waals surface area contributed by atoms with Gasteiger partial charge in [-0.1, -0.05) is 32.6 Å². The third kappa shape index (κ3) is 1.79. The molecule has 0 saturated heterocycles. The van der Waals surface area contributed by atoms with Gasteiger partial charge in [-0.3, -0.25) is 4.79 Å². The lowest BCUT2D eigenvalue weighted by Crippen LogP contribution is -2.18. The van der Waals surface area contributed by atoms with Gasteiger partial charge in [-0.2, -0.15) is 0 Å². The molecule has 0 heterocycles. The van der Waals surface area contributed by atoms with Gasteiger partial charge in [-0.05, 0) is 11.8 Å². The molecule has 0 saturated carbocycles. The van der Waals surface area contributed by atoms with Gasteiger partial charge in [0.05, 0.1) is 0 Å². The summed E-state index contributed by atoms with van der Waals surface area (Å²) in [6.07, 6.45) is 5.31. The van der Waals surface area contributed by atoms with E-state index in [2.05, 4.69) is 20.4 Å². The minimum absolute atomic E-state index is 0.178. The number of ketones is 1. The largest absolute Gasteiger partial charge is 0.294 e. The molecule has 0 aliphatic heterocycles. The second-order valence-corrected chi connectivity index (χ2v) is 3.72. The highest BCUT2D eigenvalue weighted by molar-refractivity contribution is 5.98. The molecule has 0 atom stereocenters. The van der Waals surface area contributed by atoms with Crippen molar-refractivity contribution in [3.05, 3.63) is 24.3 Å². The van der Waals surface area contributed by atoms with Crippen LogP contribution in [0, 0.1) is 5.41 Å². The summed E-state index contributed by atoms with van der Waals surface area (Å²) in [5, 5.41) is 0. The molecule has 0 amide bonds. The predicted octanol–water partition coefficient (Wildman–Crippen LogP) is 2.49. The molecule has 1 nitrogen and oxygen atoms in total. The Morgan fingerprint density at radius 1 is 1.64 bits per heavy atom. The molecule has 0 aromatic heterocycles. The summed E-state index contributed by atoms with van der Waals surface area (Å²) in [5.41, 5.74) is 0.971. The van der Waals surface area contributed by atoms with E-state index in [-0.39, 0.29) is 11.2 Å². The fraction of sp³-hybridized carbons (Fsp3) is 0.500. The minimum Gasteiger partial charge on any atom is -0.294 e. The number of carbonyl (C=O) groups is 1. The SMILES string of the molecule is C=CC1=CC(C)(C)CCC1=O. The molecule has 0 N–H and O–H groups in total. The van der Waals surface area contributed by atoms with Crippen molar-refractivity contribution >= 4 is 5.78 Å². The maximum Gasteiger partial charge on any atom is 0.162 e. The molecule has 60 valence electrons. The lowest BCUT2D eigenvalue weighted by Gasteiger charge is -2.25. The highest BCUT2D eigenvalue weighted by Gasteiger charge is 2.23. The molecule has 1 aliphatic rings. The lowest BCUT2D eigenvalue weighted by atomic mass is 9.79. The molecule has 0 bridgehead atoms. The topological polar surface area (TPSA) is 17.1 Å². The van der Waals surface area contributed by atoms with Crippen LogP contribution in [0.15, 0.2) is 24.3 Å². The van der Waals surface area contributed by atoms with E-state index >= 15 is 0 Å². The average Bonchev–Trinajstić information content (AvgIpc) is 1.94. The van der Waals surface area contributed by atoms with E-state index in [0.29, 0.717) is 6.42 Å². The van der Waals surface area contributed by atoms with Crippen LogP contribution in [-0.4, -0.2) is 5.78 Å². The molecule has 1 aliphatic carbocycles. The minimum atomic E-state index is 0.178. The second kappa shape index (κ2) is 2.65. The molecule has 1 heteroatoms. The Morgan fingerprint density at radius 3 is 2.73 bits per heavy atom. The smallest absolute Gasteiger partial charge is 0.162 e. The standard InChI is InChI=1S/C10H14O/c1-4-8-7-10(2,3)6-5-9(8)11/h4,7H,1,5-6H2,2-3H3. The van der Waals surface area contributed by atoms with Gasteiger partial charge in [0.1, 0.15) is 0 Å². The van der Waals surface area contributed by atoms with E-state index in [1.54, 1.807) is 6.08 Å². The van der Waals surface area contributed by atoms with Gasteiger partial charge in [0, 0.05) is 12.0 Å². The molecule has 0 unspecified atom stereocenters. The zero-order valence-electron chi connectivity index (χ0n) is 7.18. The molecule has 0 fully saturated rings. The Bertz CT molecular complexity index is 221. The van der Waals surface area contributed by atoms with E-state index in [0.717, 1.165) is 12.0 Å². The van der Waals surface area contributed by atoms with E-state index in [1.807, 2.05) is 6.08 Å². The first-order valence-electron chi connectivity index (χ1n) is 3.94. The van der Waals surface area contributed by atoms with Crippen LogP contribution in [0.25, 0.3) is 0 Å². The number of carbonyl (C=O) groups excluding carboxylic acids is 1. The molecule has 11 heavy (non-hydrogen) atoms. The van der Waals surface area contributed by atoms with Crippen LogP contribution in [0.4, 0.5) is 0 Å². The van der Waals surface area contributed by atoms with Crippen LogP contribution in [-0.2, 0) is 4.79 Å². The first-order chi connectivity index (χ1) is 5.05. The fourth-order valence-corrected chi connectivity index (χ4v) is 1.33. The zero-order chi connectivity index (χ0) is 8.48. The fourth-order valence-electron chi connectivity index (χ4n) is 1.33. The summed E-state index contributed by atoms with van der Waals surface area (Å²) in [6, 6.07) is 0. The van der Waals surface area contributed by atoms with Crippen LogP contribution in [0.3, 0.4) is 0 Å². The van der Waals surface area contributed by atoms with Gasteiger partial charge in [0.2, 0.25) is 0 Å². The summed E-state index contributed by atoms with van der Waals surface area (Å²) in [5.74, 6) is 0.235. The number of Topliss-reactive ketones (excluding diaryl/α,β-unsaturated/α-hetero) is 1. The first-order valence-corrected chi connectivity index (χ1v) is 3.94. The zero-order valence-corrected chi connectivity index (χ0v) is 7.18. The predicted molar refractivity (Wildman–Crippen MR) is 46.3 cm³/mol. The maximum atomic E-state index is 11.2. The quantitative estimate of drug-likeness (QED) is 0.561. The van der Waals surface area contributed by atoms with Crippen LogP contribution in [0.1, 0.15) is 26.7 Å². The number of rotatable bonds is 1.